The lowest BCUT2D eigenvalue weighted by molar-refractivity contribution is -0.119. The summed E-state index contributed by atoms with van der Waals surface area (Å²) < 4.78 is 26.6. The third kappa shape index (κ3) is 4.03. The molecule has 1 aliphatic heterocycles. The largest absolute Gasteiger partial charge is 0.351 e. The van der Waals surface area contributed by atoms with Crippen molar-refractivity contribution in [3.8, 4) is 0 Å². The maximum atomic E-state index is 12.6. The van der Waals surface area contributed by atoms with Gasteiger partial charge in [0.1, 0.15) is 0 Å². The lowest BCUT2D eigenvalue weighted by Crippen LogP contribution is -2.35. The number of nitrogens with two attached hydrogens (primary N) is 1. The van der Waals surface area contributed by atoms with Crippen LogP contribution in [0.15, 0.2) is 29.2 Å². The average molecular weight is 311 g/mol. The second-order valence-electron chi connectivity index (χ2n) is 5.09. The Hall–Kier alpha value is -1.44. The summed E-state index contributed by atoms with van der Waals surface area (Å²) in [4.78, 5) is 11.4. The molecule has 0 atom stereocenters. The van der Waals surface area contributed by atoms with E-state index >= 15 is 0 Å². The summed E-state index contributed by atoms with van der Waals surface area (Å²) in [6.07, 6.45) is 2.90. The predicted molar refractivity (Wildman–Crippen MR) is 80.0 cm³/mol. The van der Waals surface area contributed by atoms with Gasteiger partial charge in [-0.1, -0.05) is 18.6 Å². The molecule has 1 aromatic rings. The number of benzene rings is 1. The van der Waals surface area contributed by atoms with Crippen LogP contribution in [0.25, 0.3) is 0 Å². The van der Waals surface area contributed by atoms with Crippen LogP contribution < -0.4 is 11.1 Å². The topological polar surface area (TPSA) is 92.5 Å². The first-order valence-electron chi connectivity index (χ1n) is 7.10. The first-order chi connectivity index (χ1) is 10.0. The molecule has 1 saturated heterocycles. The molecular weight excluding hydrogens is 290 g/mol. The molecule has 7 heteroatoms. The SMILES string of the molecule is NCC(=O)NCc1cccc(S(=O)(=O)N2CCCCC2)c1. The fourth-order valence-electron chi connectivity index (χ4n) is 2.34. The van der Waals surface area contributed by atoms with Crippen molar-refractivity contribution >= 4 is 15.9 Å². The van der Waals surface area contributed by atoms with E-state index in [0.717, 1.165) is 24.8 Å². The summed E-state index contributed by atoms with van der Waals surface area (Å²) in [7, 11) is -3.43. The normalized spacial score (nSPS) is 16.6. The van der Waals surface area contributed by atoms with Crippen molar-refractivity contribution in [3.05, 3.63) is 29.8 Å². The van der Waals surface area contributed by atoms with Crippen molar-refractivity contribution in [1.29, 1.82) is 0 Å². The quantitative estimate of drug-likeness (QED) is 0.825. The molecule has 1 heterocycles. The van der Waals surface area contributed by atoms with E-state index in [2.05, 4.69) is 5.32 Å². The van der Waals surface area contributed by atoms with Gasteiger partial charge in [-0.2, -0.15) is 4.31 Å². The van der Waals surface area contributed by atoms with Crippen molar-refractivity contribution in [3.63, 3.8) is 0 Å². The van der Waals surface area contributed by atoms with Gasteiger partial charge in [-0.15, -0.1) is 0 Å². The molecule has 21 heavy (non-hydrogen) atoms. The number of amides is 1. The number of carbonyl (C=O) groups is 1. The number of sulfonamides is 1. The van der Waals surface area contributed by atoms with E-state index < -0.39 is 10.0 Å². The molecule has 1 fully saturated rings. The average Bonchev–Trinajstić information content (AvgIpc) is 2.53. The molecule has 0 aromatic heterocycles. The number of hydrogen-bond acceptors (Lipinski definition) is 4. The fourth-order valence-corrected chi connectivity index (χ4v) is 3.93. The van der Waals surface area contributed by atoms with Gasteiger partial charge in [0.15, 0.2) is 0 Å². The van der Waals surface area contributed by atoms with E-state index in [4.69, 9.17) is 5.73 Å². The molecule has 0 aliphatic carbocycles. The number of piperidine rings is 1. The van der Waals surface area contributed by atoms with Gasteiger partial charge in [0, 0.05) is 19.6 Å². The fraction of sp³-hybridized carbons (Fsp3) is 0.500. The van der Waals surface area contributed by atoms with E-state index in [0.29, 0.717) is 13.1 Å². The molecule has 6 nitrogen and oxygen atoms in total. The van der Waals surface area contributed by atoms with Crippen LogP contribution in [0.5, 0.6) is 0 Å². The minimum atomic E-state index is -3.43. The highest BCUT2D eigenvalue weighted by Gasteiger charge is 2.25. The zero-order valence-corrected chi connectivity index (χ0v) is 12.7. The van der Waals surface area contributed by atoms with Crippen molar-refractivity contribution < 1.29 is 13.2 Å². The number of nitrogens with one attached hydrogen (secondary N) is 1. The zero-order valence-electron chi connectivity index (χ0n) is 11.9. The monoisotopic (exact) mass is 311 g/mol. The number of carbonyl (C=O) groups excluding carboxylic acids is 1. The molecule has 0 bridgehead atoms. The minimum absolute atomic E-state index is 0.0776. The van der Waals surface area contributed by atoms with Crippen LogP contribution in [0.3, 0.4) is 0 Å². The zero-order chi connectivity index (χ0) is 15.3. The highest BCUT2D eigenvalue weighted by atomic mass is 32.2. The van der Waals surface area contributed by atoms with Gasteiger partial charge in [-0.3, -0.25) is 4.79 Å². The second kappa shape index (κ2) is 7.02. The number of hydrogen-bond donors (Lipinski definition) is 2. The van der Waals surface area contributed by atoms with Gasteiger partial charge < -0.3 is 11.1 Å². The van der Waals surface area contributed by atoms with E-state index in [-0.39, 0.29) is 23.9 Å². The van der Waals surface area contributed by atoms with Gasteiger partial charge in [0.2, 0.25) is 15.9 Å². The van der Waals surface area contributed by atoms with Crippen LogP contribution in [-0.2, 0) is 21.4 Å². The van der Waals surface area contributed by atoms with Crippen LogP contribution in [0, 0.1) is 0 Å². The summed E-state index contributed by atoms with van der Waals surface area (Å²) in [6, 6.07) is 6.69. The lowest BCUT2D eigenvalue weighted by atomic mass is 10.2. The number of nitrogens with zero attached hydrogens (tertiary/aromatic N) is 1. The first-order valence-corrected chi connectivity index (χ1v) is 8.54. The Labute approximate surface area is 125 Å². The Morgan fingerprint density at radius 3 is 2.62 bits per heavy atom. The Balaban J connectivity index is 2.14. The van der Waals surface area contributed by atoms with Crippen LogP contribution >= 0.6 is 0 Å². The molecule has 0 spiro atoms. The van der Waals surface area contributed by atoms with Crippen molar-refractivity contribution in [1.82, 2.24) is 9.62 Å². The van der Waals surface area contributed by atoms with Crippen LogP contribution in [0.2, 0.25) is 0 Å². The molecule has 0 saturated carbocycles. The summed E-state index contributed by atoms with van der Waals surface area (Å²) in [6.45, 7) is 1.36. The van der Waals surface area contributed by atoms with Gasteiger partial charge in [0.05, 0.1) is 11.4 Å². The minimum Gasteiger partial charge on any atom is -0.351 e. The van der Waals surface area contributed by atoms with Gasteiger partial charge in [-0.25, -0.2) is 8.42 Å². The second-order valence-corrected chi connectivity index (χ2v) is 7.03. The molecule has 0 radical (unpaired) electrons. The van der Waals surface area contributed by atoms with E-state index in [9.17, 15) is 13.2 Å². The third-order valence-corrected chi connectivity index (χ3v) is 5.42. The van der Waals surface area contributed by atoms with Crippen molar-refractivity contribution in [2.45, 2.75) is 30.7 Å². The molecule has 1 amide bonds. The Morgan fingerprint density at radius 2 is 1.95 bits per heavy atom. The molecule has 1 aliphatic rings. The van der Waals surface area contributed by atoms with E-state index in [1.807, 2.05) is 0 Å². The summed E-state index contributed by atoms with van der Waals surface area (Å²) in [5.74, 6) is -0.265. The summed E-state index contributed by atoms with van der Waals surface area (Å²) in [5, 5.41) is 2.63. The molecule has 1 aromatic carbocycles. The molecular formula is C14H21N3O3S. The summed E-state index contributed by atoms with van der Waals surface area (Å²) >= 11 is 0. The third-order valence-electron chi connectivity index (χ3n) is 3.53. The molecule has 0 unspecified atom stereocenters. The number of rotatable bonds is 5. The van der Waals surface area contributed by atoms with E-state index in [1.165, 1.54) is 4.31 Å². The standard InChI is InChI=1S/C14H21N3O3S/c15-10-14(18)16-11-12-5-4-6-13(9-12)21(19,20)17-7-2-1-3-8-17/h4-6,9H,1-3,7-8,10-11,15H2,(H,16,18). The summed E-state index contributed by atoms with van der Waals surface area (Å²) in [5.41, 5.74) is 5.96. The Bertz CT molecular complexity index is 595. The van der Waals surface area contributed by atoms with Crippen LogP contribution in [-0.4, -0.2) is 38.3 Å². The van der Waals surface area contributed by atoms with Crippen LogP contribution in [0.4, 0.5) is 0 Å². The Kier molecular flexibility index (Phi) is 5.33. The van der Waals surface area contributed by atoms with Crippen molar-refractivity contribution in [2.75, 3.05) is 19.6 Å². The highest BCUT2D eigenvalue weighted by Crippen LogP contribution is 2.21. The first kappa shape index (κ1) is 15.9. The van der Waals surface area contributed by atoms with Gasteiger partial charge >= 0.3 is 0 Å². The van der Waals surface area contributed by atoms with Crippen LogP contribution in [0.1, 0.15) is 24.8 Å². The highest BCUT2D eigenvalue weighted by molar-refractivity contribution is 7.89. The Morgan fingerprint density at radius 1 is 1.24 bits per heavy atom. The van der Waals surface area contributed by atoms with Gasteiger partial charge in [-0.05, 0) is 30.5 Å². The van der Waals surface area contributed by atoms with E-state index in [1.54, 1.807) is 24.3 Å². The van der Waals surface area contributed by atoms with Gasteiger partial charge in [0.25, 0.3) is 0 Å². The van der Waals surface area contributed by atoms with Crippen molar-refractivity contribution in [2.24, 2.45) is 5.73 Å². The smallest absolute Gasteiger partial charge is 0.243 e. The molecule has 2 rings (SSSR count). The maximum Gasteiger partial charge on any atom is 0.243 e. The maximum absolute atomic E-state index is 12.6. The molecule has 116 valence electrons. The predicted octanol–water partition coefficient (Wildman–Crippen LogP) is 0.436. The lowest BCUT2D eigenvalue weighted by Gasteiger charge is -2.26. The molecule has 3 N–H and O–H groups in total.